The fourth-order valence-corrected chi connectivity index (χ4v) is 9.17. The number of benzene rings is 10. The first-order valence-corrected chi connectivity index (χ1v) is 21.3. The average molecular weight is 791 g/mol. The third-order valence-corrected chi connectivity index (χ3v) is 12.0. The maximum absolute atomic E-state index is 2.51. The molecule has 0 fully saturated rings. The molecule has 0 saturated heterocycles. The molecule has 1 aromatic heterocycles. The van der Waals surface area contributed by atoms with Crippen LogP contribution in [0.3, 0.4) is 0 Å². The van der Waals surface area contributed by atoms with Gasteiger partial charge in [-0.25, -0.2) is 0 Å². The molecule has 0 spiro atoms. The predicted octanol–water partition coefficient (Wildman–Crippen LogP) is 16.6. The zero-order chi connectivity index (χ0) is 41.2. The van der Waals surface area contributed by atoms with Gasteiger partial charge in [0.1, 0.15) is 0 Å². The second-order valence-electron chi connectivity index (χ2n) is 15.7. The lowest BCUT2D eigenvalue weighted by molar-refractivity contribution is 1.18. The van der Waals surface area contributed by atoms with Gasteiger partial charge in [0.2, 0.25) is 0 Å². The van der Waals surface area contributed by atoms with Gasteiger partial charge >= 0.3 is 0 Å². The van der Waals surface area contributed by atoms with E-state index in [1.165, 1.54) is 44.2 Å². The van der Waals surface area contributed by atoms with E-state index in [1.807, 2.05) is 0 Å². The molecule has 2 heteroatoms. The summed E-state index contributed by atoms with van der Waals surface area (Å²) in [4.78, 5) is 2.51. The number of fused-ring (bicyclic) bond motifs is 3. The fraction of sp³-hybridized carbons (Fsp3) is 0. The summed E-state index contributed by atoms with van der Waals surface area (Å²) in [5, 5.41) is 2.38. The number of hydrogen-bond acceptors (Lipinski definition) is 1. The Morgan fingerprint density at radius 2 is 0.742 bits per heavy atom. The van der Waals surface area contributed by atoms with Gasteiger partial charge < -0.3 is 9.47 Å². The lowest BCUT2D eigenvalue weighted by atomic mass is 9.94. The van der Waals surface area contributed by atoms with Gasteiger partial charge in [0, 0.05) is 27.6 Å². The van der Waals surface area contributed by atoms with Crippen LogP contribution in [0.1, 0.15) is 0 Å². The Morgan fingerprint density at radius 3 is 1.40 bits per heavy atom. The van der Waals surface area contributed by atoms with Crippen LogP contribution in [0.25, 0.3) is 83.1 Å². The molecule has 10 aromatic carbocycles. The highest BCUT2D eigenvalue weighted by Gasteiger charge is 2.25. The summed E-state index contributed by atoms with van der Waals surface area (Å²) in [5.74, 6) is 0. The van der Waals surface area contributed by atoms with Crippen LogP contribution in [0.4, 0.5) is 17.1 Å². The van der Waals surface area contributed by atoms with Crippen molar-refractivity contribution in [1.82, 2.24) is 4.57 Å². The van der Waals surface area contributed by atoms with Gasteiger partial charge in [-0.15, -0.1) is 0 Å². The minimum Gasteiger partial charge on any atom is -0.309 e. The number of aromatic nitrogens is 1. The lowest BCUT2D eigenvalue weighted by Crippen LogP contribution is -2.13. The van der Waals surface area contributed by atoms with E-state index < -0.39 is 0 Å². The Morgan fingerprint density at radius 1 is 0.258 bits per heavy atom. The van der Waals surface area contributed by atoms with Crippen LogP contribution >= 0.6 is 0 Å². The van der Waals surface area contributed by atoms with E-state index in [1.54, 1.807) is 0 Å². The quantitative estimate of drug-likeness (QED) is 0.141. The molecule has 0 aliphatic carbocycles. The molecule has 0 atom stereocenters. The molecule has 11 aromatic rings. The predicted molar refractivity (Wildman–Crippen MR) is 263 cm³/mol. The van der Waals surface area contributed by atoms with Gasteiger partial charge in [-0.3, -0.25) is 0 Å². The lowest BCUT2D eigenvalue weighted by Gasteiger charge is -2.31. The van der Waals surface area contributed by atoms with Crippen molar-refractivity contribution >= 4 is 38.9 Å². The number of rotatable bonds is 9. The van der Waals surface area contributed by atoms with Crippen molar-refractivity contribution < 1.29 is 0 Å². The van der Waals surface area contributed by atoms with Gasteiger partial charge in [-0.1, -0.05) is 206 Å². The fourth-order valence-electron chi connectivity index (χ4n) is 9.17. The summed E-state index contributed by atoms with van der Waals surface area (Å²) >= 11 is 0. The van der Waals surface area contributed by atoms with E-state index in [0.29, 0.717) is 0 Å². The summed E-state index contributed by atoms with van der Waals surface area (Å²) in [5.41, 5.74) is 18.5. The van der Waals surface area contributed by atoms with Gasteiger partial charge in [0.15, 0.2) is 0 Å². The molecule has 2 nitrogen and oxygen atoms in total. The molecule has 292 valence electrons. The van der Waals surface area contributed by atoms with Crippen LogP contribution in [0.15, 0.2) is 255 Å². The molecule has 0 aliphatic rings. The summed E-state index contributed by atoms with van der Waals surface area (Å²) in [7, 11) is 0. The maximum Gasteiger partial charge on any atom is 0.0562 e. The molecule has 0 amide bonds. The van der Waals surface area contributed by atoms with E-state index >= 15 is 0 Å². The highest BCUT2D eigenvalue weighted by Crippen LogP contribution is 2.50. The standard InChI is InChI=1S/C60H42N2/c1-6-21-43(22-7-1)48-37-40-57(54(41-48)47-29-14-5-15-30-47)62(55-33-18-16-31-51(55)45-25-10-3-11-26-45)59-36-20-35-58-60(59)52-32-17-19-34-56(52)61(58)49-38-39-50(44-23-8-2-9-24-44)53(42-49)46-27-12-4-13-28-46/h1-42H. The Bertz CT molecular complexity index is 3320. The molecule has 1 heterocycles. The smallest absolute Gasteiger partial charge is 0.0562 e. The SMILES string of the molecule is c1ccc(-c2ccc(N(c3ccccc3-c3ccccc3)c3cccc4c3c3ccccc3n4-c3ccc(-c4ccccc4)c(-c4ccccc4)c3)c(-c3ccccc3)c2)cc1. The molecular formula is C60H42N2. The summed E-state index contributed by atoms with van der Waals surface area (Å²) in [6.45, 7) is 0. The first-order valence-electron chi connectivity index (χ1n) is 21.3. The van der Waals surface area contributed by atoms with Crippen LogP contribution in [-0.4, -0.2) is 4.57 Å². The molecule has 0 bridgehead atoms. The van der Waals surface area contributed by atoms with Crippen LogP contribution in [0.2, 0.25) is 0 Å². The molecule has 0 unspecified atom stereocenters. The Balaban J connectivity index is 1.21. The highest BCUT2D eigenvalue weighted by molar-refractivity contribution is 6.17. The second-order valence-corrected chi connectivity index (χ2v) is 15.7. The largest absolute Gasteiger partial charge is 0.309 e. The van der Waals surface area contributed by atoms with Gasteiger partial charge in [-0.05, 0) is 93.0 Å². The van der Waals surface area contributed by atoms with Gasteiger partial charge in [0.25, 0.3) is 0 Å². The van der Waals surface area contributed by atoms with Crippen molar-refractivity contribution in [3.05, 3.63) is 255 Å². The zero-order valence-corrected chi connectivity index (χ0v) is 34.1. The first kappa shape index (κ1) is 36.8. The Hall–Kier alpha value is -8.20. The van der Waals surface area contributed by atoms with E-state index in [4.69, 9.17) is 0 Å². The van der Waals surface area contributed by atoms with Crippen molar-refractivity contribution in [3.63, 3.8) is 0 Å². The molecule has 0 saturated carbocycles. The summed E-state index contributed by atoms with van der Waals surface area (Å²) < 4.78 is 2.45. The first-order chi connectivity index (χ1) is 30.8. The minimum atomic E-state index is 1.10. The molecule has 62 heavy (non-hydrogen) atoms. The number of nitrogens with zero attached hydrogens (tertiary/aromatic N) is 2. The Kier molecular flexibility index (Phi) is 9.57. The number of hydrogen-bond donors (Lipinski definition) is 0. The molecule has 0 aliphatic heterocycles. The van der Waals surface area contributed by atoms with Crippen molar-refractivity contribution in [3.8, 4) is 61.3 Å². The summed E-state index contributed by atoms with van der Waals surface area (Å²) in [6, 6.07) is 92.2. The molecular weight excluding hydrogens is 749 g/mol. The zero-order valence-electron chi connectivity index (χ0n) is 34.1. The van der Waals surface area contributed by atoms with Crippen LogP contribution in [0, 0.1) is 0 Å². The number of anilines is 3. The van der Waals surface area contributed by atoms with Gasteiger partial charge in [0.05, 0.1) is 28.1 Å². The molecule has 0 radical (unpaired) electrons. The maximum atomic E-state index is 2.51. The van der Waals surface area contributed by atoms with E-state index in [9.17, 15) is 0 Å². The third-order valence-electron chi connectivity index (χ3n) is 12.0. The molecule has 0 N–H and O–H groups in total. The topological polar surface area (TPSA) is 8.17 Å². The third kappa shape index (κ3) is 6.65. The normalized spacial score (nSPS) is 11.2. The van der Waals surface area contributed by atoms with Crippen molar-refractivity contribution in [2.45, 2.75) is 0 Å². The highest BCUT2D eigenvalue weighted by atomic mass is 15.2. The minimum absolute atomic E-state index is 1.10. The van der Waals surface area contributed by atoms with E-state index in [2.05, 4.69) is 264 Å². The van der Waals surface area contributed by atoms with E-state index in [0.717, 1.165) is 56.0 Å². The number of para-hydroxylation sites is 2. The monoisotopic (exact) mass is 790 g/mol. The summed E-state index contributed by atoms with van der Waals surface area (Å²) in [6.07, 6.45) is 0. The Labute approximate surface area is 362 Å². The van der Waals surface area contributed by atoms with Crippen LogP contribution < -0.4 is 4.90 Å². The van der Waals surface area contributed by atoms with Crippen LogP contribution in [0.5, 0.6) is 0 Å². The van der Waals surface area contributed by atoms with Crippen molar-refractivity contribution in [2.75, 3.05) is 4.90 Å². The van der Waals surface area contributed by atoms with Crippen LogP contribution in [-0.2, 0) is 0 Å². The second kappa shape index (κ2) is 16.1. The van der Waals surface area contributed by atoms with Crippen molar-refractivity contribution in [2.24, 2.45) is 0 Å². The molecule has 11 rings (SSSR count). The average Bonchev–Trinajstić information content (AvgIpc) is 3.70. The van der Waals surface area contributed by atoms with E-state index in [-0.39, 0.29) is 0 Å². The van der Waals surface area contributed by atoms with Gasteiger partial charge in [-0.2, -0.15) is 0 Å². The van der Waals surface area contributed by atoms with Crippen molar-refractivity contribution in [1.29, 1.82) is 0 Å².